The molecule has 0 bridgehead atoms. The average molecular weight is 286 g/mol. The zero-order valence-electron chi connectivity index (χ0n) is 13.2. The summed E-state index contributed by atoms with van der Waals surface area (Å²) >= 11 is 0. The molecular weight excluding hydrogens is 264 g/mol. The molecule has 0 atom stereocenters. The molecule has 0 saturated heterocycles. The highest BCUT2D eigenvalue weighted by molar-refractivity contribution is 5.86. The van der Waals surface area contributed by atoms with Crippen molar-refractivity contribution >= 4 is 23.1 Å². The molecule has 1 aromatic carbocycles. The molecule has 2 aromatic rings. The summed E-state index contributed by atoms with van der Waals surface area (Å²) in [6.07, 6.45) is 2.68. The SMILES string of the molecule is CC(C)n1c(/C=C/C(=O)O)nc2cc(C(C)(C)C)ccc21. The number of aromatic nitrogens is 2. The summed E-state index contributed by atoms with van der Waals surface area (Å²) in [5.74, 6) is -0.291. The van der Waals surface area contributed by atoms with Crippen molar-refractivity contribution in [2.75, 3.05) is 0 Å². The van der Waals surface area contributed by atoms with Gasteiger partial charge in [-0.25, -0.2) is 9.78 Å². The van der Waals surface area contributed by atoms with E-state index >= 15 is 0 Å². The fraction of sp³-hybridized carbons (Fsp3) is 0.412. The first-order valence-electron chi connectivity index (χ1n) is 7.13. The molecule has 2 rings (SSSR count). The molecule has 112 valence electrons. The Morgan fingerprint density at radius 3 is 2.52 bits per heavy atom. The molecule has 0 amide bonds. The molecule has 0 aliphatic carbocycles. The van der Waals surface area contributed by atoms with Crippen LogP contribution in [0.5, 0.6) is 0 Å². The highest BCUT2D eigenvalue weighted by Crippen LogP contribution is 2.28. The Kier molecular flexibility index (Phi) is 3.90. The predicted octanol–water partition coefficient (Wildman–Crippen LogP) is 4.01. The van der Waals surface area contributed by atoms with Gasteiger partial charge in [0.2, 0.25) is 0 Å². The Labute approximate surface area is 125 Å². The van der Waals surface area contributed by atoms with Crippen molar-refractivity contribution in [3.63, 3.8) is 0 Å². The fourth-order valence-electron chi connectivity index (χ4n) is 2.39. The van der Waals surface area contributed by atoms with Gasteiger partial charge in [0.15, 0.2) is 0 Å². The molecular formula is C17H22N2O2. The van der Waals surface area contributed by atoms with Crippen molar-refractivity contribution < 1.29 is 9.90 Å². The summed E-state index contributed by atoms with van der Waals surface area (Å²) in [6, 6.07) is 6.49. The number of carboxylic acid groups (broad SMARTS) is 1. The van der Waals surface area contributed by atoms with Gasteiger partial charge in [-0.05, 0) is 43.0 Å². The van der Waals surface area contributed by atoms with E-state index in [1.165, 1.54) is 5.56 Å². The van der Waals surface area contributed by atoms with Crippen molar-refractivity contribution in [2.24, 2.45) is 0 Å². The van der Waals surface area contributed by atoms with Crippen LogP contribution in [-0.4, -0.2) is 20.6 Å². The first-order valence-corrected chi connectivity index (χ1v) is 7.13. The van der Waals surface area contributed by atoms with E-state index in [-0.39, 0.29) is 11.5 Å². The average Bonchev–Trinajstić information content (AvgIpc) is 2.72. The quantitative estimate of drug-likeness (QED) is 0.867. The second-order valence-corrected chi connectivity index (χ2v) is 6.56. The third-order valence-corrected chi connectivity index (χ3v) is 3.47. The molecule has 0 aliphatic heterocycles. The van der Waals surface area contributed by atoms with Crippen LogP contribution >= 0.6 is 0 Å². The van der Waals surface area contributed by atoms with Crippen LogP contribution in [0.15, 0.2) is 24.3 Å². The molecule has 0 fully saturated rings. The van der Waals surface area contributed by atoms with Crippen LogP contribution in [-0.2, 0) is 10.2 Å². The number of hydrogen-bond acceptors (Lipinski definition) is 2. The molecule has 0 aliphatic rings. The van der Waals surface area contributed by atoms with Gasteiger partial charge in [0.25, 0.3) is 0 Å². The maximum Gasteiger partial charge on any atom is 0.328 e. The normalized spacial score (nSPS) is 12.7. The standard InChI is InChI=1S/C17H22N2O2/c1-11(2)19-14-7-6-12(17(3,4)5)10-13(14)18-15(19)8-9-16(20)21/h6-11H,1-5H3,(H,20,21)/b9-8+. The topological polar surface area (TPSA) is 55.1 Å². The summed E-state index contributed by atoms with van der Waals surface area (Å²) < 4.78 is 2.06. The molecule has 4 heteroatoms. The van der Waals surface area contributed by atoms with E-state index in [9.17, 15) is 4.79 Å². The zero-order chi connectivity index (χ0) is 15.8. The minimum atomic E-state index is -0.965. The fourth-order valence-corrected chi connectivity index (χ4v) is 2.39. The largest absolute Gasteiger partial charge is 0.478 e. The van der Waals surface area contributed by atoms with Gasteiger partial charge in [-0.3, -0.25) is 0 Å². The van der Waals surface area contributed by atoms with Crippen LogP contribution in [0.2, 0.25) is 0 Å². The van der Waals surface area contributed by atoms with Crippen LogP contribution in [0.4, 0.5) is 0 Å². The number of nitrogens with zero attached hydrogens (tertiary/aromatic N) is 2. The summed E-state index contributed by atoms with van der Waals surface area (Å²) in [7, 11) is 0. The summed E-state index contributed by atoms with van der Waals surface area (Å²) in [5, 5.41) is 8.81. The maximum absolute atomic E-state index is 10.7. The van der Waals surface area contributed by atoms with Crippen LogP contribution in [0.3, 0.4) is 0 Å². The minimum Gasteiger partial charge on any atom is -0.478 e. The van der Waals surface area contributed by atoms with Gasteiger partial charge in [0.1, 0.15) is 5.82 Å². The lowest BCUT2D eigenvalue weighted by atomic mass is 9.87. The van der Waals surface area contributed by atoms with E-state index < -0.39 is 5.97 Å². The van der Waals surface area contributed by atoms with Crippen LogP contribution in [0, 0.1) is 0 Å². The van der Waals surface area contributed by atoms with Crippen molar-refractivity contribution in [3.8, 4) is 0 Å². The zero-order valence-corrected chi connectivity index (χ0v) is 13.2. The lowest BCUT2D eigenvalue weighted by Crippen LogP contribution is -2.10. The number of imidazole rings is 1. The number of rotatable bonds is 3. The first-order chi connectivity index (χ1) is 9.70. The lowest BCUT2D eigenvalue weighted by molar-refractivity contribution is -0.131. The number of fused-ring (bicyclic) bond motifs is 1. The Morgan fingerprint density at radius 2 is 2.00 bits per heavy atom. The van der Waals surface area contributed by atoms with E-state index in [4.69, 9.17) is 5.11 Å². The number of carbonyl (C=O) groups is 1. The molecule has 0 radical (unpaired) electrons. The van der Waals surface area contributed by atoms with E-state index in [0.717, 1.165) is 17.1 Å². The molecule has 1 N–H and O–H groups in total. The monoisotopic (exact) mass is 286 g/mol. The molecule has 21 heavy (non-hydrogen) atoms. The van der Waals surface area contributed by atoms with Gasteiger partial charge in [-0.15, -0.1) is 0 Å². The van der Waals surface area contributed by atoms with Gasteiger partial charge in [0, 0.05) is 12.1 Å². The summed E-state index contributed by atoms with van der Waals surface area (Å²) in [5.41, 5.74) is 3.22. The Morgan fingerprint density at radius 1 is 1.33 bits per heavy atom. The Hall–Kier alpha value is -2.10. The summed E-state index contributed by atoms with van der Waals surface area (Å²) in [4.78, 5) is 15.3. The molecule has 0 spiro atoms. The van der Waals surface area contributed by atoms with Crippen molar-refractivity contribution in [2.45, 2.75) is 46.1 Å². The Balaban J connectivity index is 2.64. The predicted molar refractivity (Wildman–Crippen MR) is 85.5 cm³/mol. The number of aliphatic carboxylic acids is 1. The van der Waals surface area contributed by atoms with Gasteiger partial charge in [-0.2, -0.15) is 0 Å². The van der Waals surface area contributed by atoms with E-state index in [2.05, 4.69) is 62.4 Å². The third-order valence-electron chi connectivity index (χ3n) is 3.47. The van der Waals surface area contributed by atoms with Crippen molar-refractivity contribution in [1.29, 1.82) is 0 Å². The second-order valence-electron chi connectivity index (χ2n) is 6.56. The highest BCUT2D eigenvalue weighted by Gasteiger charge is 2.17. The molecule has 1 heterocycles. The number of carboxylic acids is 1. The highest BCUT2D eigenvalue weighted by atomic mass is 16.4. The van der Waals surface area contributed by atoms with Crippen molar-refractivity contribution in [3.05, 3.63) is 35.7 Å². The first kappa shape index (κ1) is 15.3. The van der Waals surface area contributed by atoms with Crippen LogP contribution < -0.4 is 0 Å². The van der Waals surface area contributed by atoms with Gasteiger partial charge in [-0.1, -0.05) is 26.8 Å². The number of benzene rings is 1. The minimum absolute atomic E-state index is 0.0624. The van der Waals surface area contributed by atoms with E-state index in [1.54, 1.807) is 6.08 Å². The Bertz CT molecular complexity index is 703. The van der Waals surface area contributed by atoms with E-state index in [0.29, 0.717) is 5.82 Å². The van der Waals surface area contributed by atoms with Crippen LogP contribution in [0.1, 0.15) is 52.0 Å². The molecule has 0 unspecified atom stereocenters. The smallest absolute Gasteiger partial charge is 0.328 e. The third kappa shape index (κ3) is 3.15. The van der Waals surface area contributed by atoms with Gasteiger partial charge >= 0.3 is 5.97 Å². The van der Waals surface area contributed by atoms with E-state index in [1.807, 2.05) is 0 Å². The van der Waals surface area contributed by atoms with Gasteiger partial charge in [0.05, 0.1) is 11.0 Å². The number of hydrogen-bond donors (Lipinski definition) is 1. The van der Waals surface area contributed by atoms with Crippen LogP contribution in [0.25, 0.3) is 17.1 Å². The maximum atomic E-state index is 10.7. The molecule has 1 aromatic heterocycles. The molecule has 0 saturated carbocycles. The van der Waals surface area contributed by atoms with Gasteiger partial charge < -0.3 is 9.67 Å². The lowest BCUT2D eigenvalue weighted by Gasteiger charge is -2.19. The summed E-state index contributed by atoms with van der Waals surface area (Å²) in [6.45, 7) is 10.6. The second kappa shape index (κ2) is 5.35. The van der Waals surface area contributed by atoms with Crippen molar-refractivity contribution in [1.82, 2.24) is 9.55 Å². The molecule has 4 nitrogen and oxygen atoms in total.